The lowest BCUT2D eigenvalue weighted by Gasteiger charge is -2.28. The number of fused-ring (bicyclic) bond motifs is 1. The molecule has 0 aliphatic heterocycles. The van der Waals surface area contributed by atoms with E-state index >= 15 is 0 Å². The molecule has 11 heteroatoms. The lowest BCUT2D eigenvalue weighted by Crippen LogP contribution is -2.57. The highest BCUT2D eigenvalue weighted by Gasteiger charge is 2.44. The number of carbonyl (C=O) groups excluding carboxylic acids is 1. The number of sulfonamides is 1. The van der Waals surface area contributed by atoms with E-state index in [1.807, 2.05) is 0 Å². The standard InChI is InChI=1S/C18H23ClN6O3S/c19-15-10-23-16(24-11-21)14-9-12(3-4-13(14)15)29(27,28)25-18(5-1-2-6-18)17(26)22-8-7-20/h3-4,9-11,25H,1-2,5-8,20H2,(H,22,26)(H2,21,23,24). The second-order valence-corrected chi connectivity index (χ2v) is 8.94. The molecule has 0 atom stereocenters. The first-order valence-corrected chi connectivity index (χ1v) is 11.0. The Morgan fingerprint density at radius 3 is 2.69 bits per heavy atom. The Kier molecular flexibility index (Phi) is 6.37. The summed E-state index contributed by atoms with van der Waals surface area (Å²) in [5, 5.41) is 4.10. The molecule has 29 heavy (non-hydrogen) atoms. The number of pyridine rings is 1. The molecule has 1 heterocycles. The van der Waals surface area contributed by atoms with E-state index in [2.05, 4.69) is 20.0 Å². The van der Waals surface area contributed by atoms with Crippen molar-refractivity contribution in [2.75, 3.05) is 13.1 Å². The summed E-state index contributed by atoms with van der Waals surface area (Å²) < 4.78 is 28.9. The molecule has 1 fully saturated rings. The largest absolute Gasteiger partial charge is 0.390 e. The first-order valence-electron chi connectivity index (χ1n) is 9.18. The van der Waals surface area contributed by atoms with Crippen molar-refractivity contribution in [2.24, 2.45) is 16.5 Å². The van der Waals surface area contributed by atoms with Crippen LogP contribution in [0.4, 0.5) is 5.82 Å². The van der Waals surface area contributed by atoms with Gasteiger partial charge in [0.25, 0.3) is 0 Å². The quantitative estimate of drug-likeness (QED) is 0.376. The van der Waals surface area contributed by atoms with Gasteiger partial charge in [-0.3, -0.25) is 4.79 Å². The Labute approximate surface area is 174 Å². The Bertz CT molecular complexity index is 1050. The maximum Gasteiger partial charge on any atom is 0.241 e. The molecule has 156 valence electrons. The van der Waals surface area contributed by atoms with E-state index in [-0.39, 0.29) is 29.7 Å². The maximum atomic E-state index is 13.1. The van der Waals surface area contributed by atoms with E-state index in [0.29, 0.717) is 28.6 Å². The Hall–Kier alpha value is -2.27. The second-order valence-electron chi connectivity index (χ2n) is 6.85. The number of nitrogens with zero attached hydrogens (tertiary/aromatic N) is 2. The Morgan fingerprint density at radius 1 is 1.31 bits per heavy atom. The minimum atomic E-state index is -4.00. The van der Waals surface area contributed by atoms with Crippen LogP contribution in [0.1, 0.15) is 25.7 Å². The molecule has 1 aliphatic rings. The van der Waals surface area contributed by atoms with Crippen LogP contribution in [0, 0.1) is 0 Å². The highest BCUT2D eigenvalue weighted by atomic mass is 35.5. The van der Waals surface area contributed by atoms with Crippen LogP contribution in [0.3, 0.4) is 0 Å². The van der Waals surface area contributed by atoms with Crippen molar-refractivity contribution in [1.29, 1.82) is 0 Å². The first kappa shape index (κ1) is 21.4. The third-order valence-corrected chi connectivity index (χ3v) is 6.78. The molecule has 0 radical (unpaired) electrons. The van der Waals surface area contributed by atoms with E-state index in [1.165, 1.54) is 18.3 Å². The van der Waals surface area contributed by atoms with E-state index < -0.39 is 15.6 Å². The summed E-state index contributed by atoms with van der Waals surface area (Å²) in [7, 11) is -4.00. The van der Waals surface area contributed by atoms with E-state index in [1.54, 1.807) is 6.07 Å². The number of hydrogen-bond acceptors (Lipinski definition) is 6. The Morgan fingerprint density at radius 2 is 2.03 bits per heavy atom. The third-order valence-electron chi connectivity index (χ3n) is 4.95. The molecule has 2 aromatic rings. The summed E-state index contributed by atoms with van der Waals surface area (Å²) in [6.45, 7) is 0.556. The molecule has 1 aliphatic carbocycles. The average molecular weight is 439 g/mol. The molecule has 9 nitrogen and oxygen atoms in total. The van der Waals surface area contributed by atoms with Crippen molar-refractivity contribution in [3.05, 3.63) is 29.4 Å². The zero-order chi connectivity index (χ0) is 21.1. The first-order chi connectivity index (χ1) is 13.8. The number of benzene rings is 1. The minimum absolute atomic E-state index is 0.0135. The molecule has 0 unspecified atom stereocenters. The summed E-state index contributed by atoms with van der Waals surface area (Å²) in [4.78, 5) is 20.7. The van der Waals surface area contributed by atoms with Crippen LogP contribution in [0.15, 0.2) is 34.3 Å². The van der Waals surface area contributed by atoms with Crippen molar-refractivity contribution in [1.82, 2.24) is 15.0 Å². The zero-order valence-corrected chi connectivity index (χ0v) is 17.3. The lowest BCUT2D eigenvalue weighted by molar-refractivity contribution is -0.126. The van der Waals surface area contributed by atoms with Gasteiger partial charge in [-0.15, -0.1) is 0 Å². The summed E-state index contributed by atoms with van der Waals surface area (Å²) >= 11 is 6.17. The fraction of sp³-hybridized carbons (Fsp3) is 0.389. The van der Waals surface area contributed by atoms with Crippen LogP contribution in [-0.2, 0) is 14.8 Å². The second kappa shape index (κ2) is 8.62. The normalized spacial score (nSPS) is 16.5. The monoisotopic (exact) mass is 438 g/mol. The van der Waals surface area contributed by atoms with Crippen LogP contribution in [0.5, 0.6) is 0 Å². The molecule has 0 saturated heterocycles. The van der Waals surface area contributed by atoms with E-state index in [4.69, 9.17) is 23.1 Å². The van der Waals surface area contributed by atoms with Crippen molar-refractivity contribution in [3.8, 4) is 0 Å². The van der Waals surface area contributed by atoms with Crippen molar-refractivity contribution < 1.29 is 13.2 Å². The van der Waals surface area contributed by atoms with Gasteiger partial charge in [0.1, 0.15) is 5.54 Å². The average Bonchev–Trinajstić information content (AvgIpc) is 3.17. The minimum Gasteiger partial charge on any atom is -0.390 e. The molecule has 0 bridgehead atoms. The molecule has 6 N–H and O–H groups in total. The maximum absolute atomic E-state index is 13.1. The molecule has 1 amide bonds. The summed E-state index contributed by atoms with van der Waals surface area (Å²) in [5.41, 5.74) is 9.63. The fourth-order valence-corrected chi connectivity index (χ4v) is 5.20. The van der Waals surface area contributed by atoms with Gasteiger partial charge < -0.3 is 16.8 Å². The number of aromatic nitrogens is 1. The number of halogens is 1. The molecule has 1 saturated carbocycles. The molecule has 0 spiro atoms. The molecule has 1 aromatic carbocycles. The van der Waals surface area contributed by atoms with Gasteiger partial charge in [0.2, 0.25) is 15.9 Å². The van der Waals surface area contributed by atoms with Crippen molar-refractivity contribution in [2.45, 2.75) is 36.1 Å². The summed E-state index contributed by atoms with van der Waals surface area (Å²) in [6, 6.07) is 4.45. The predicted octanol–water partition coefficient (Wildman–Crippen LogP) is 1.17. The van der Waals surface area contributed by atoms with E-state index in [0.717, 1.165) is 19.2 Å². The summed E-state index contributed by atoms with van der Waals surface area (Å²) in [5.74, 6) is -0.108. The van der Waals surface area contributed by atoms with Gasteiger partial charge in [-0.05, 0) is 25.0 Å². The van der Waals surface area contributed by atoms with Crippen molar-refractivity contribution >= 4 is 50.5 Å². The lowest BCUT2D eigenvalue weighted by atomic mass is 9.98. The van der Waals surface area contributed by atoms with Crippen molar-refractivity contribution in [3.63, 3.8) is 0 Å². The number of aliphatic imine (C=N–C) groups is 1. The van der Waals surface area contributed by atoms with Crippen LogP contribution in [0.2, 0.25) is 5.02 Å². The molecule has 3 rings (SSSR count). The van der Waals surface area contributed by atoms with Gasteiger partial charge in [0, 0.05) is 30.1 Å². The van der Waals surface area contributed by atoms with Gasteiger partial charge in [-0.25, -0.2) is 18.4 Å². The topological polar surface area (TPSA) is 153 Å². The van der Waals surface area contributed by atoms with Gasteiger partial charge in [0.05, 0.1) is 16.3 Å². The number of nitrogens with one attached hydrogen (secondary N) is 2. The summed E-state index contributed by atoms with van der Waals surface area (Å²) in [6.07, 6.45) is 4.85. The number of amides is 1. The smallest absolute Gasteiger partial charge is 0.241 e. The van der Waals surface area contributed by atoms with Gasteiger partial charge >= 0.3 is 0 Å². The van der Waals surface area contributed by atoms with E-state index in [9.17, 15) is 13.2 Å². The van der Waals surface area contributed by atoms with Gasteiger partial charge in [-0.1, -0.05) is 30.5 Å². The molecule has 1 aromatic heterocycles. The van der Waals surface area contributed by atoms with Crippen LogP contribution in [-0.4, -0.2) is 44.3 Å². The molecular weight excluding hydrogens is 416 g/mol. The number of nitrogens with two attached hydrogens (primary N) is 2. The fourth-order valence-electron chi connectivity index (χ4n) is 3.54. The highest BCUT2D eigenvalue weighted by molar-refractivity contribution is 7.89. The SMILES string of the molecule is NC=Nc1ncc(Cl)c2ccc(S(=O)(=O)NC3(C(=O)NCCN)CCCC3)cc12. The Balaban J connectivity index is 2.01. The highest BCUT2D eigenvalue weighted by Crippen LogP contribution is 2.34. The predicted molar refractivity (Wildman–Crippen MR) is 113 cm³/mol. The molecular formula is C18H23ClN6O3S. The van der Waals surface area contributed by atoms with Crippen LogP contribution in [0.25, 0.3) is 10.8 Å². The van der Waals surface area contributed by atoms with Gasteiger partial charge in [0.15, 0.2) is 5.82 Å². The van der Waals surface area contributed by atoms with Crippen LogP contribution >= 0.6 is 11.6 Å². The number of carbonyl (C=O) groups is 1. The number of rotatable bonds is 7. The third kappa shape index (κ3) is 4.35. The van der Waals surface area contributed by atoms with Gasteiger partial charge in [-0.2, -0.15) is 4.72 Å². The zero-order valence-electron chi connectivity index (χ0n) is 15.7. The number of hydrogen-bond donors (Lipinski definition) is 4. The van der Waals surface area contributed by atoms with Crippen LogP contribution < -0.4 is 21.5 Å².